The number of rotatable bonds is 4. The van der Waals surface area contributed by atoms with Gasteiger partial charge in [0.15, 0.2) is 0 Å². The van der Waals surface area contributed by atoms with Crippen LogP contribution in [-0.4, -0.2) is 15.0 Å². The van der Waals surface area contributed by atoms with Crippen LogP contribution in [0.2, 0.25) is 5.15 Å². The Kier molecular flexibility index (Phi) is 5.07. The van der Waals surface area contributed by atoms with E-state index in [0.29, 0.717) is 34.0 Å². The first-order chi connectivity index (χ1) is 13.9. The van der Waals surface area contributed by atoms with Crippen LogP contribution in [0.15, 0.2) is 67.1 Å². The zero-order valence-electron chi connectivity index (χ0n) is 14.9. The predicted octanol–water partition coefficient (Wildman–Crippen LogP) is 6.03. The van der Waals surface area contributed by atoms with Crippen molar-refractivity contribution in [1.82, 2.24) is 15.0 Å². The Morgan fingerprint density at radius 2 is 1.79 bits per heavy atom. The maximum absolute atomic E-state index is 13.0. The summed E-state index contributed by atoms with van der Waals surface area (Å²) in [5.74, 6) is 0.436. The van der Waals surface area contributed by atoms with Crippen LogP contribution >= 0.6 is 11.6 Å². The Hall–Kier alpha value is -3.19. The molecule has 8 heteroatoms. The minimum Gasteiger partial charge on any atom is -0.340 e. The van der Waals surface area contributed by atoms with E-state index in [4.69, 9.17) is 11.6 Å². The Labute approximate surface area is 169 Å². The molecule has 0 spiro atoms. The van der Waals surface area contributed by atoms with Crippen LogP contribution in [0.4, 0.5) is 24.7 Å². The van der Waals surface area contributed by atoms with Gasteiger partial charge in [-0.25, -0.2) is 9.97 Å². The van der Waals surface area contributed by atoms with Crippen LogP contribution in [0.25, 0.3) is 10.9 Å². The van der Waals surface area contributed by atoms with Crippen molar-refractivity contribution in [3.63, 3.8) is 0 Å². The smallest absolute Gasteiger partial charge is 0.340 e. The van der Waals surface area contributed by atoms with Crippen LogP contribution in [0.3, 0.4) is 0 Å². The normalized spacial score (nSPS) is 11.6. The first kappa shape index (κ1) is 19.1. The molecule has 0 saturated heterocycles. The van der Waals surface area contributed by atoms with Crippen LogP contribution < -0.4 is 5.32 Å². The molecule has 3 aromatic heterocycles. The highest BCUT2D eigenvalue weighted by atomic mass is 35.5. The highest BCUT2D eigenvalue weighted by molar-refractivity contribution is 6.29. The van der Waals surface area contributed by atoms with Gasteiger partial charge < -0.3 is 5.32 Å². The van der Waals surface area contributed by atoms with Crippen molar-refractivity contribution < 1.29 is 13.2 Å². The van der Waals surface area contributed by atoms with Gasteiger partial charge in [-0.2, -0.15) is 13.2 Å². The summed E-state index contributed by atoms with van der Waals surface area (Å²) in [6.45, 7) is 0. The number of benzene rings is 1. The lowest BCUT2D eigenvalue weighted by molar-refractivity contribution is -0.137. The molecule has 4 aromatic rings. The number of alkyl halides is 3. The molecular weight excluding hydrogens is 401 g/mol. The highest BCUT2D eigenvalue weighted by Crippen LogP contribution is 2.32. The molecule has 0 aliphatic heterocycles. The molecule has 3 heterocycles. The maximum Gasteiger partial charge on any atom is 0.416 e. The van der Waals surface area contributed by atoms with Crippen molar-refractivity contribution in [3.05, 3.63) is 89.0 Å². The van der Waals surface area contributed by atoms with Crippen LogP contribution in [0, 0.1) is 0 Å². The number of hydrogen-bond donors (Lipinski definition) is 1. The summed E-state index contributed by atoms with van der Waals surface area (Å²) in [6.07, 6.45) is 1.16. The third-order valence-electron chi connectivity index (χ3n) is 4.35. The molecule has 0 saturated carbocycles. The fourth-order valence-corrected chi connectivity index (χ4v) is 3.11. The van der Waals surface area contributed by atoms with Crippen LogP contribution in [0.5, 0.6) is 0 Å². The quantitative estimate of drug-likeness (QED) is 0.414. The van der Waals surface area contributed by atoms with E-state index in [2.05, 4.69) is 20.3 Å². The van der Waals surface area contributed by atoms with E-state index in [0.717, 1.165) is 23.3 Å². The molecule has 0 unspecified atom stereocenters. The predicted molar refractivity (Wildman–Crippen MR) is 106 cm³/mol. The average Bonchev–Trinajstić information content (AvgIpc) is 2.71. The van der Waals surface area contributed by atoms with Crippen molar-refractivity contribution in [2.24, 2.45) is 0 Å². The minimum atomic E-state index is -4.41. The molecule has 29 heavy (non-hydrogen) atoms. The van der Waals surface area contributed by atoms with Gasteiger partial charge >= 0.3 is 6.18 Å². The van der Waals surface area contributed by atoms with E-state index in [1.54, 1.807) is 36.8 Å². The molecule has 1 N–H and O–H groups in total. The van der Waals surface area contributed by atoms with Gasteiger partial charge in [0, 0.05) is 41.6 Å². The Bertz CT molecular complexity index is 1160. The molecule has 0 fully saturated rings. The Morgan fingerprint density at radius 3 is 2.55 bits per heavy atom. The Balaban J connectivity index is 1.69. The molecule has 1 aromatic carbocycles. The van der Waals surface area contributed by atoms with E-state index in [9.17, 15) is 13.2 Å². The van der Waals surface area contributed by atoms with Crippen molar-refractivity contribution in [2.75, 3.05) is 5.32 Å². The fourth-order valence-electron chi connectivity index (χ4n) is 3.00. The summed E-state index contributed by atoms with van der Waals surface area (Å²) in [4.78, 5) is 13.0. The standard InChI is InChI=1S/C21H14ClF3N4/c22-18-7-6-13(11-27-18)9-14-12-28-20(17-5-2-8-26-19(14)17)29-16-4-1-3-15(10-16)21(23,24)25/h1-8,10-12H,9H2,(H,28,29). The lowest BCUT2D eigenvalue weighted by atomic mass is 10.1. The van der Waals surface area contributed by atoms with Crippen LogP contribution in [-0.2, 0) is 12.6 Å². The number of aromatic nitrogens is 3. The summed E-state index contributed by atoms with van der Waals surface area (Å²) in [6, 6.07) is 12.2. The van der Waals surface area contributed by atoms with E-state index < -0.39 is 11.7 Å². The number of fused-ring (bicyclic) bond motifs is 1. The number of hydrogen-bond acceptors (Lipinski definition) is 4. The zero-order chi connectivity index (χ0) is 20.4. The lowest BCUT2D eigenvalue weighted by Crippen LogP contribution is -2.05. The summed E-state index contributed by atoms with van der Waals surface area (Å²) < 4.78 is 38.9. The van der Waals surface area contributed by atoms with E-state index >= 15 is 0 Å². The van der Waals surface area contributed by atoms with E-state index in [1.807, 2.05) is 12.1 Å². The molecule has 146 valence electrons. The van der Waals surface area contributed by atoms with E-state index in [-0.39, 0.29) is 0 Å². The molecular formula is C21H14ClF3N4. The molecule has 4 rings (SSSR count). The molecule has 0 aliphatic rings. The van der Waals surface area contributed by atoms with Crippen molar-refractivity contribution in [1.29, 1.82) is 0 Å². The maximum atomic E-state index is 13.0. The summed E-state index contributed by atoms with van der Waals surface area (Å²) in [5.41, 5.74) is 2.11. The minimum absolute atomic E-state index is 0.298. The monoisotopic (exact) mass is 414 g/mol. The van der Waals surface area contributed by atoms with Crippen molar-refractivity contribution in [2.45, 2.75) is 12.6 Å². The summed E-state index contributed by atoms with van der Waals surface area (Å²) >= 11 is 5.83. The topological polar surface area (TPSA) is 50.7 Å². The number of nitrogens with zero attached hydrogens (tertiary/aromatic N) is 3. The van der Waals surface area contributed by atoms with Crippen LogP contribution in [0.1, 0.15) is 16.7 Å². The lowest BCUT2D eigenvalue weighted by Gasteiger charge is -2.13. The van der Waals surface area contributed by atoms with Gasteiger partial charge in [0.2, 0.25) is 0 Å². The first-order valence-electron chi connectivity index (χ1n) is 8.67. The summed E-state index contributed by atoms with van der Waals surface area (Å²) in [5, 5.41) is 4.10. The highest BCUT2D eigenvalue weighted by Gasteiger charge is 2.30. The van der Waals surface area contributed by atoms with Gasteiger partial charge in [0.25, 0.3) is 0 Å². The molecule has 0 amide bonds. The zero-order valence-corrected chi connectivity index (χ0v) is 15.7. The second kappa shape index (κ2) is 7.67. The third-order valence-corrected chi connectivity index (χ3v) is 4.58. The Morgan fingerprint density at radius 1 is 0.931 bits per heavy atom. The summed E-state index contributed by atoms with van der Waals surface area (Å²) in [7, 11) is 0. The number of halogens is 4. The van der Waals surface area contributed by atoms with Gasteiger partial charge in [-0.15, -0.1) is 0 Å². The van der Waals surface area contributed by atoms with E-state index in [1.165, 1.54) is 6.07 Å². The van der Waals surface area contributed by atoms with Gasteiger partial charge in [0.1, 0.15) is 11.0 Å². The second-order valence-corrected chi connectivity index (χ2v) is 6.79. The first-order valence-corrected chi connectivity index (χ1v) is 9.05. The molecule has 0 radical (unpaired) electrons. The molecule has 0 atom stereocenters. The van der Waals surface area contributed by atoms with Gasteiger partial charge in [-0.3, -0.25) is 4.98 Å². The van der Waals surface area contributed by atoms with Gasteiger partial charge in [-0.05, 0) is 42.0 Å². The SMILES string of the molecule is FC(F)(F)c1cccc(Nc2ncc(Cc3ccc(Cl)nc3)c3ncccc23)c1. The number of anilines is 2. The van der Waals surface area contributed by atoms with Crippen molar-refractivity contribution >= 4 is 34.0 Å². The van der Waals surface area contributed by atoms with Gasteiger partial charge in [-0.1, -0.05) is 23.7 Å². The molecule has 0 aliphatic carbocycles. The average molecular weight is 415 g/mol. The molecule has 0 bridgehead atoms. The van der Waals surface area contributed by atoms with Gasteiger partial charge in [0.05, 0.1) is 11.1 Å². The molecule has 4 nitrogen and oxygen atoms in total. The number of pyridine rings is 3. The number of nitrogens with one attached hydrogen (secondary N) is 1. The largest absolute Gasteiger partial charge is 0.416 e. The van der Waals surface area contributed by atoms with Crippen molar-refractivity contribution in [3.8, 4) is 0 Å². The third kappa shape index (κ3) is 4.30. The second-order valence-electron chi connectivity index (χ2n) is 6.40. The fraction of sp³-hybridized carbons (Fsp3) is 0.0952.